The molecule has 1 saturated heterocycles. The van der Waals surface area contributed by atoms with Gasteiger partial charge >= 0.3 is 0 Å². The van der Waals surface area contributed by atoms with E-state index in [1.54, 1.807) is 13.8 Å². The number of hydrogen-bond donors (Lipinski definition) is 3. The van der Waals surface area contributed by atoms with Crippen LogP contribution in [0.2, 0.25) is 0 Å². The fraction of sp³-hybridized carbons (Fsp3) is 0.536. The Morgan fingerprint density at radius 3 is 2.23 bits per heavy atom. The first-order valence-electron chi connectivity index (χ1n) is 13.1. The molecule has 0 bridgehead atoms. The molecule has 0 radical (unpaired) electrons. The number of aromatic nitrogens is 1. The maximum Gasteiger partial charge on any atom is 0.274 e. The smallest absolute Gasteiger partial charge is 0.274 e. The molecule has 1 aromatic carbocycles. The Morgan fingerprint density at radius 1 is 1.03 bits per heavy atom. The summed E-state index contributed by atoms with van der Waals surface area (Å²) in [6.07, 6.45) is 0.774. The van der Waals surface area contributed by atoms with Crippen molar-refractivity contribution in [2.45, 2.75) is 70.7 Å². The van der Waals surface area contributed by atoms with E-state index in [1.807, 2.05) is 44.2 Å². The zero-order chi connectivity index (χ0) is 28.6. The number of methoxy groups -OCH3 is 1. The summed E-state index contributed by atoms with van der Waals surface area (Å²) < 4.78 is 15.4. The van der Waals surface area contributed by atoms with Crippen LogP contribution in [-0.2, 0) is 30.3 Å². The minimum absolute atomic E-state index is 0.0344. The average Bonchev–Trinajstić information content (AvgIpc) is 3.50. The fourth-order valence-corrected chi connectivity index (χ4v) is 4.14. The molecule has 3 rings (SSSR count). The molecular weight excluding hydrogens is 504 g/mol. The van der Waals surface area contributed by atoms with Gasteiger partial charge in [-0.2, -0.15) is 0 Å². The van der Waals surface area contributed by atoms with E-state index in [0.29, 0.717) is 18.8 Å². The Labute approximate surface area is 228 Å². The molecule has 1 unspecified atom stereocenters. The molecule has 3 N–H and O–H groups in total. The van der Waals surface area contributed by atoms with E-state index in [1.165, 1.54) is 13.2 Å². The van der Waals surface area contributed by atoms with Gasteiger partial charge in [0.1, 0.15) is 23.4 Å². The van der Waals surface area contributed by atoms with Crippen molar-refractivity contribution in [1.29, 1.82) is 0 Å². The van der Waals surface area contributed by atoms with E-state index in [2.05, 4.69) is 21.1 Å². The highest BCUT2D eigenvalue weighted by Crippen LogP contribution is 2.29. The van der Waals surface area contributed by atoms with Gasteiger partial charge in [-0.15, -0.1) is 0 Å². The monoisotopic (exact) mass is 542 g/mol. The lowest BCUT2D eigenvalue weighted by Crippen LogP contribution is -2.57. The lowest BCUT2D eigenvalue weighted by atomic mass is 9.93. The number of nitrogens with one attached hydrogen (secondary N) is 3. The number of nitrogens with zero attached hydrogens (tertiary/aromatic N) is 1. The summed E-state index contributed by atoms with van der Waals surface area (Å²) in [4.78, 5) is 52.7. The van der Waals surface area contributed by atoms with Crippen LogP contribution in [0.5, 0.6) is 0 Å². The zero-order valence-corrected chi connectivity index (χ0v) is 23.1. The highest BCUT2D eigenvalue weighted by molar-refractivity contribution is 5.99. The summed E-state index contributed by atoms with van der Waals surface area (Å²) in [5.74, 6) is -1.26. The average molecular weight is 543 g/mol. The molecule has 1 aliphatic rings. The molecule has 1 aliphatic heterocycles. The van der Waals surface area contributed by atoms with E-state index in [-0.39, 0.29) is 36.8 Å². The SMILES string of the molecule is COCC[C@H](NC(=O)c1cc(C)on1)C(=O)N[C@@H](Cc1ccccc1)C(=O)NC(CC(C)C)C(=O)[C@@]1(C)CO1. The number of rotatable bonds is 15. The maximum absolute atomic E-state index is 13.6. The largest absolute Gasteiger partial charge is 0.385 e. The summed E-state index contributed by atoms with van der Waals surface area (Å²) in [6.45, 7) is 7.79. The summed E-state index contributed by atoms with van der Waals surface area (Å²) >= 11 is 0. The molecule has 2 aromatic rings. The van der Waals surface area contributed by atoms with Gasteiger partial charge in [-0.1, -0.05) is 49.3 Å². The van der Waals surface area contributed by atoms with Gasteiger partial charge in [0, 0.05) is 26.2 Å². The number of ketones is 1. The molecule has 0 aliphatic carbocycles. The van der Waals surface area contributed by atoms with Crippen LogP contribution in [0.15, 0.2) is 40.9 Å². The van der Waals surface area contributed by atoms with Gasteiger partial charge in [0.2, 0.25) is 11.8 Å². The van der Waals surface area contributed by atoms with Gasteiger partial charge in [0.15, 0.2) is 11.5 Å². The number of Topliss-reactive ketones (excluding diaryl/α,β-unsaturated/α-hetero) is 1. The van der Waals surface area contributed by atoms with Crippen molar-refractivity contribution in [3.63, 3.8) is 0 Å². The number of hydrogen-bond acceptors (Lipinski definition) is 8. The number of benzene rings is 1. The van der Waals surface area contributed by atoms with Gasteiger partial charge in [-0.05, 0) is 38.2 Å². The van der Waals surface area contributed by atoms with Gasteiger partial charge in [0.25, 0.3) is 5.91 Å². The van der Waals surface area contributed by atoms with Gasteiger partial charge in [0.05, 0.1) is 12.6 Å². The van der Waals surface area contributed by atoms with E-state index in [9.17, 15) is 19.2 Å². The molecule has 39 heavy (non-hydrogen) atoms. The Balaban J connectivity index is 1.79. The Kier molecular flexibility index (Phi) is 10.4. The van der Waals surface area contributed by atoms with Crippen molar-refractivity contribution >= 4 is 23.5 Å². The summed E-state index contributed by atoms with van der Waals surface area (Å²) in [6, 6.07) is 7.90. The first-order chi connectivity index (χ1) is 18.5. The van der Waals surface area contributed by atoms with Crippen LogP contribution in [0.3, 0.4) is 0 Å². The normalized spacial score (nSPS) is 18.6. The molecule has 212 valence electrons. The molecule has 11 heteroatoms. The van der Waals surface area contributed by atoms with Crippen LogP contribution in [0, 0.1) is 12.8 Å². The van der Waals surface area contributed by atoms with Crippen LogP contribution in [0.1, 0.15) is 55.4 Å². The van der Waals surface area contributed by atoms with Crippen molar-refractivity contribution in [3.05, 3.63) is 53.4 Å². The molecule has 0 spiro atoms. The summed E-state index contributed by atoms with van der Waals surface area (Å²) in [5.41, 5.74) is -0.0511. The fourth-order valence-electron chi connectivity index (χ4n) is 4.14. The third-order valence-corrected chi connectivity index (χ3v) is 6.45. The maximum atomic E-state index is 13.6. The van der Waals surface area contributed by atoms with Gasteiger partial charge in [-0.25, -0.2) is 0 Å². The van der Waals surface area contributed by atoms with E-state index >= 15 is 0 Å². The highest BCUT2D eigenvalue weighted by Gasteiger charge is 2.50. The van der Waals surface area contributed by atoms with Crippen molar-refractivity contribution in [1.82, 2.24) is 21.1 Å². The quantitative estimate of drug-likeness (QED) is 0.288. The predicted molar refractivity (Wildman–Crippen MR) is 142 cm³/mol. The van der Waals surface area contributed by atoms with E-state index in [0.717, 1.165) is 5.56 Å². The Bertz CT molecular complexity index is 1140. The van der Waals surface area contributed by atoms with Crippen LogP contribution in [-0.4, -0.2) is 72.7 Å². The Hall–Kier alpha value is -3.57. The number of carbonyl (C=O) groups excluding carboxylic acids is 4. The lowest BCUT2D eigenvalue weighted by molar-refractivity contribution is -0.133. The summed E-state index contributed by atoms with van der Waals surface area (Å²) in [5, 5.41) is 12.0. The number of ether oxygens (including phenoxy) is 2. The lowest BCUT2D eigenvalue weighted by Gasteiger charge is -2.26. The molecular formula is C28H38N4O7. The third kappa shape index (κ3) is 8.72. The number of carbonyl (C=O) groups is 4. The topological polar surface area (TPSA) is 152 Å². The van der Waals surface area contributed by atoms with E-state index < -0.39 is 41.4 Å². The van der Waals surface area contributed by atoms with Crippen LogP contribution >= 0.6 is 0 Å². The first kappa shape index (κ1) is 30.0. The first-order valence-corrected chi connectivity index (χ1v) is 13.1. The van der Waals surface area contributed by atoms with Crippen LogP contribution in [0.4, 0.5) is 0 Å². The molecule has 4 atom stereocenters. The molecule has 3 amide bonds. The number of amides is 3. The molecule has 0 saturated carbocycles. The predicted octanol–water partition coefficient (Wildman–Crippen LogP) is 1.73. The van der Waals surface area contributed by atoms with Crippen molar-refractivity contribution in [2.75, 3.05) is 20.3 Å². The van der Waals surface area contributed by atoms with Gasteiger partial charge in [-0.3, -0.25) is 19.2 Å². The summed E-state index contributed by atoms with van der Waals surface area (Å²) in [7, 11) is 1.49. The molecule has 1 fully saturated rings. The molecule has 11 nitrogen and oxygen atoms in total. The Morgan fingerprint density at radius 2 is 1.67 bits per heavy atom. The number of epoxide rings is 1. The molecule has 1 aromatic heterocycles. The minimum atomic E-state index is -1.01. The van der Waals surface area contributed by atoms with Crippen molar-refractivity contribution < 1.29 is 33.2 Å². The number of aryl methyl sites for hydroxylation is 1. The van der Waals surface area contributed by atoms with Crippen molar-refractivity contribution in [2.24, 2.45) is 5.92 Å². The molecule has 2 heterocycles. The highest BCUT2D eigenvalue weighted by atomic mass is 16.6. The zero-order valence-electron chi connectivity index (χ0n) is 23.1. The van der Waals surface area contributed by atoms with E-state index in [4.69, 9.17) is 14.0 Å². The van der Waals surface area contributed by atoms with Crippen LogP contribution in [0.25, 0.3) is 0 Å². The second-order valence-corrected chi connectivity index (χ2v) is 10.5. The van der Waals surface area contributed by atoms with Crippen molar-refractivity contribution in [3.8, 4) is 0 Å². The van der Waals surface area contributed by atoms with Gasteiger partial charge < -0.3 is 29.9 Å². The minimum Gasteiger partial charge on any atom is -0.385 e. The third-order valence-electron chi connectivity index (χ3n) is 6.45. The van der Waals surface area contributed by atoms with Crippen LogP contribution < -0.4 is 16.0 Å². The second-order valence-electron chi connectivity index (χ2n) is 10.5. The second kappa shape index (κ2) is 13.5. The standard InChI is InChI=1S/C28H38N4O7/c1-17(2)13-21(24(33)28(4)16-38-28)30-26(35)22(15-19-9-7-6-8-10-19)31-25(34)20(11-12-37-5)29-27(36)23-14-18(3)39-32-23/h6-10,14,17,20-22H,11-13,15-16H2,1-5H3,(H,29,36)(H,30,35)(H,31,34)/t20-,21?,22-,28+/m0/s1.